The number of aromatic nitrogens is 6. The average Bonchev–Trinajstić information content (AvgIpc) is 3.68. The van der Waals surface area contributed by atoms with Gasteiger partial charge >= 0.3 is 0 Å². The Kier molecular flexibility index (Phi) is 7.76. The van der Waals surface area contributed by atoms with Gasteiger partial charge in [0.2, 0.25) is 11.9 Å². The third-order valence-electron chi connectivity index (χ3n) is 8.75. The Balaban J connectivity index is 1.02. The van der Waals surface area contributed by atoms with E-state index in [-0.39, 0.29) is 17.9 Å². The maximum absolute atomic E-state index is 11.7. The van der Waals surface area contributed by atoms with Crippen LogP contribution in [0.15, 0.2) is 67.1 Å². The van der Waals surface area contributed by atoms with Crippen LogP contribution >= 0.6 is 11.6 Å². The molecule has 4 atom stereocenters. The highest BCUT2D eigenvalue weighted by Crippen LogP contribution is 2.34. The molecule has 3 aromatic heterocycles. The summed E-state index contributed by atoms with van der Waals surface area (Å²) in [5.74, 6) is 1.16. The largest absolute Gasteiger partial charge is 0.382 e. The number of hydrogen-bond acceptors (Lipinski definition) is 9. The summed E-state index contributed by atoms with van der Waals surface area (Å²) in [6, 6.07) is 16.3. The fourth-order valence-corrected chi connectivity index (χ4v) is 6.49. The minimum atomic E-state index is -0.927. The molecule has 5 heterocycles. The molecule has 2 aliphatic rings. The Morgan fingerprint density at radius 3 is 2.80 bits per heavy atom. The third kappa shape index (κ3) is 5.90. The Labute approximate surface area is 265 Å². The van der Waals surface area contributed by atoms with Crippen molar-refractivity contribution in [1.82, 2.24) is 34.8 Å². The van der Waals surface area contributed by atoms with Gasteiger partial charge in [0.15, 0.2) is 5.82 Å². The zero-order valence-corrected chi connectivity index (χ0v) is 25.8. The number of halogens is 1. The summed E-state index contributed by atoms with van der Waals surface area (Å²) in [7, 11) is 1.91. The van der Waals surface area contributed by atoms with Crippen LogP contribution in [0.25, 0.3) is 16.6 Å². The van der Waals surface area contributed by atoms with Gasteiger partial charge in [-0.1, -0.05) is 24.6 Å². The number of fused-ring (bicyclic) bond motifs is 1. The molecule has 7 rings (SSSR count). The maximum Gasteiger partial charge on any atom is 0.227 e. The Hall–Kier alpha value is -4.68. The number of aliphatic hydroxyl groups excluding tert-OH is 1. The highest BCUT2D eigenvalue weighted by Gasteiger charge is 2.32. The lowest BCUT2D eigenvalue weighted by Gasteiger charge is -2.37. The molecule has 0 radical (unpaired) electrons. The normalized spacial score (nSPS) is 22.0. The number of anilines is 4. The summed E-state index contributed by atoms with van der Waals surface area (Å²) in [6.07, 6.45) is 6.23. The van der Waals surface area contributed by atoms with E-state index in [4.69, 9.17) is 21.7 Å². The molecule has 0 bridgehead atoms. The molecule has 0 aliphatic carbocycles. The Morgan fingerprint density at radius 1 is 1.11 bits per heavy atom. The molecule has 2 aromatic carbocycles. The van der Waals surface area contributed by atoms with E-state index in [2.05, 4.69) is 56.1 Å². The lowest BCUT2D eigenvalue weighted by Crippen LogP contribution is -2.46. The molecule has 1 amide bonds. The Morgan fingerprint density at radius 2 is 2.00 bits per heavy atom. The number of amides is 1. The van der Waals surface area contributed by atoms with E-state index in [9.17, 15) is 9.90 Å². The second-order valence-corrected chi connectivity index (χ2v) is 12.3. The van der Waals surface area contributed by atoms with E-state index in [1.54, 1.807) is 17.1 Å². The highest BCUT2D eigenvalue weighted by atomic mass is 35.5. The average molecular weight is 627 g/mol. The van der Waals surface area contributed by atoms with E-state index in [0.717, 1.165) is 53.2 Å². The van der Waals surface area contributed by atoms with Crippen LogP contribution < -0.4 is 20.9 Å². The summed E-state index contributed by atoms with van der Waals surface area (Å²) in [5, 5.41) is 30.7. The number of hydrogen-bond donors (Lipinski definition) is 4. The number of aryl methyl sites for hydroxylation is 1. The number of carbonyl (C=O) groups excluding carboxylic acids is 1. The van der Waals surface area contributed by atoms with Gasteiger partial charge in [0.05, 0.1) is 23.1 Å². The lowest BCUT2D eigenvalue weighted by atomic mass is 9.91. The van der Waals surface area contributed by atoms with Gasteiger partial charge in [-0.15, -0.1) is 0 Å². The quantitative estimate of drug-likeness (QED) is 0.204. The molecule has 13 heteroatoms. The van der Waals surface area contributed by atoms with Gasteiger partial charge < -0.3 is 26.0 Å². The van der Waals surface area contributed by atoms with Crippen LogP contribution in [-0.4, -0.2) is 65.9 Å². The van der Waals surface area contributed by atoms with Crippen molar-refractivity contribution in [2.45, 2.75) is 44.4 Å². The van der Waals surface area contributed by atoms with Gasteiger partial charge in [-0.25, -0.2) is 9.67 Å². The van der Waals surface area contributed by atoms with Crippen molar-refractivity contribution in [1.29, 1.82) is 0 Å². The smallest absolute Gasteiger partial charge is 0.227 e. The topological polar surface area (TPSA) is 138 Å². The van der Waals surface area contributed by atoms with E-state index in [0.29, 0.717) is 35.5 Å². The number of benzene rings is 2. The van der Waals surface area contributed by atoms with Gasteiger partial charge in [0.25, 0.3) is 0 Å². The molecule has 2 saturated heterocycles. The van der Waals surface area contributed by atoms with Crippen molar-refractivity contribution in [3.63, 3.8) is 0 Å². The second kappa shape index (κ2) is 12.0. The first-order valence-corrected chi connectivity index (χ1v) is 15.6. The molecule has 12 nitrogen and oxygen atoms in total. The van der Waals surface area contributed by atoms with E-state index >= 15 is 0 Å². The zero-order valence-electron chi connectivity index (χ0n) is 25.1. The van der Waals surface area contributed by atoms with Crippen molar-refractivity contribution in [3.05, 3.63) is 77.8 Å². The standard InChI is InChI=1S/C32H35ClN10O2/c1-19-18-42(32-34-17-25(33)30(39-32)37-20-5-3-6-22(15-20)43-13-4-12-35-43)14-11-26(19)36-21-7-8-23-27(16-21)41(2)40-29(23)24-9-10-28(44)38-31(24)45/h3-8,12-13,15-17,19,24,26,31,36,45H,9-11,14,18H2,1-2H3,(H,38,44)(H,34,37,39)/t19-,24?,26-,31?/m1/s1. The molecule has 4 N–H and O–H groups in total. The second-order valence-electron chi connectivity index (χ2n) is 11.9. The first kappa shape index (κ1) is 29.1. The molecule has 2 fully saturated rings. The fourth-order valence-electron chi connectivity index (χ4n) is 6.36. The van der Waals surface area contributed by atoms with Crippen LogP contribution in [0.2, 0.25) is 5.02 Å². The Bertz CT molecular complexity index is 1840. The molecule has 0 spiro atoms. The zero-order chi connectivity index (χ0) is 31.1. The molecule has 0 saturated carbocycles. The maximum atomic E-state index is 11.7. The molecule has 45 heavy (non-hydrogen) atoms. The van der Waals surface area contributed by atoms with Crippen molar-refractivity contribution >= 4 is 51.6 Å². The number of nitrogens with one attached hydrogen (secondary N) is 3. The summed E-state index contributed by atoms with van der Waals surface area (Å²) >= 11 is 6.51. The SMILES string of the molecule is C[C@@H]1CN(c2ncc(Cl)c(Nc3cccc(-n4cccn4)c3)n2)CC[C@H]1Nc1ccc2c(C3CCC(=O)NC3O)nn(C)c2c1. The van der Waals surface area contributed by atoms with Crippen molar-refractivity contribution in [3.8, 4) is 5.69 Å². The molecule has 232 valence electrons. The lowest BCUT2D eigenvalue weighted by molar-refractivity contribution is -0.127. The molecular weight excluding hydrogens is 592 g/mol. The number of rotatable bonds is 7. The van der Waals surface area contributed by atoms with Crippen LogP contribution in [0, 0.1) is 5.92 Å². The van der Waals surface area contributed by atoms with Gasteiger partial charge in [-0.05, 0) is 61.2 Å². The third-order valence-corrected chi connectivity index (χ3v) is 9.03. The first-order valence-electron chi connectivity index (χ1n) is 15.2. The monoisotopic (exact) mass is 626 g/mol. The molecule has 5 aromatic rings. The minimum Gasteiger partial charge on any atom is -0.382 e. The summed E-state index contributed by atoms with van der Waals surface area (Å²) < 4.78 is 3.65. The number of piperidine rings is 2. The number of nitrogens with zero attached hydrogens (tertiary/aromatic N) is 7. The minimum absolute atomic E-state index is 0.127. The summed E-state index contributed by atoms with van der Waals surface area (Å²) in [4.78, 5) is 23.3. The van der Waals surface area contributed by atoms with Crippen LogP contribution in [0.4, 0.5) is 23.1 Å². The summed E-state index contributed by atoms with van der Waals surface area (Å²) in [5.41, 5.74) is 4.60. The number of aliphatic hydroxyl groups is 1. The summed E-state index contributed by atoms with van der Waals surface area (Å²) in [6.45, 7) is 3.82. The van der Waals surface area contributed by atoms with Crippen LogP contribution in [0.5, 0.6) is 0 Å². The number of carbonyl (C=O) groups is 1. The molecular formula is C32H35ClN10O2. The fraction of sp³-hybridized carbons (Fsp3) is 0.344. The first-order chi connectivity index (χ1) is 21.8. The highest BCUT2D eigenvalue weighted by molar-refractivity contribution is 6.32. The van der Waals surface area contributed by atoms with Gasteiger partial charge in [0, 0.05) is 67.7 Å². The van der Waals surface area contributed by atoms with E-state index in [1.807, 2.05) is 48.3 Å². The van der Waals surface area contributed by atoms with Crippen molar-refractivity contribution in [2.75, 3.05) is 28.6 Å². The van der Waals surface area contributed by atoms with Crippen molar-refractivity contribution in [2.24, 2.45) is 13.0 Å². The van der Waals surface area contributed by atoms with E-state index in [1.165, 1.54) is 0 Å². The molecule has 2 aliphatic heterocycles. The van der Waals surface area contributed by atoms with Gasteiger partial charge in [-0.3, -0.25) is 9.48 Å². The van der Waals surface area contributed by atoms with Crippen molar-refractivity contribution < 1.29 is 9.90 Å². The van der Waals surface area contributed by atoms with Crippen LogP contribution in [0.1, 0.15) is 37.8 Å². The van der Waals surface area contributed by atoms with Gasteiger partial charge in [-0.2, -0.15) is 15.2 Å². The predicted molar refractivity (Wildman–Crippen MR) is 174 cm³/mol. The van der Waals surface area contributed by atoms with Gasteiger partial charge in [0.1, 0.15) is 11.3 Å². The van der Waals surface area contributed by atoms with E-state index < -0.39 is 6.23 Å². The predicted octanol–water partition coefficient (Wildman–Crippen LogP) is 4.58. The molecule has 2 unspecified atom stereocenters. The van der Waals surface area contributed by atoms with Crippen LogP contribution in [-0.2, 0) is 11.8 Å². The van der Waals surface area contributed by atoms with Crippen LogP contribution in [0.3, 0.4) is 0 Å².